The van der Waals surface area contributed by atoms with Crippen molar-refractivity contribution in [2.24, 2.45) is 0 Å². The van der Waals surface area contributed by atoms with E-state index in [0.717, 1.165) is 11.0 Å². The quantitative estimate of drug-likeness (QED) is 0.611. The fraction of sp³-hybridized carbons (Fsp3) is 0.318. The minimum absolute atomic E-state index is 0.140. The highest BCUT2D eigenvalue weighted by Crippen LogP contribution is 2.28. The molecule has 0 N–H and O–H groups in total. The highest BCUT2D eigenvalue weighted by atomic mass is 16.7. The van der Waals surface area contributed by atoms with Crippen molar-refractivity contribution in [1.29, 1.82) is 0 Å². The van der Waals surface area contributed by atoms with Crippen LogP contribution in [-0.2, 0) is 9.31 Å². The highest BCUT2D eigenvalue weighted by Gasteiger charge is 2.45. The van der Waals surface area contributed by atoms with E-state index in [0.29, 0.717) is 0 Å². The van der Waals surface area contributed by atoms with E-state index in [-0.39, 0.29) is 13.2 Å². The lowest BCUT2D eigenvalue weighted by Crippen LogP contribution is -2.34. The molecule has 0 aliphatic carbocycles. The molecule has 3 rings (SSSR count). The van der Waals surface area contributed by atoms with Crippen LogP contribution in [0.3, 0.4) is 0 Å². The standard InChI is InChI=1S/C22H25BO2/c1-16-6-11-19(12-7-16)18(3)10-15-21-22(4,5)25-23(24-21)20-13-8-17(2)9-14-20/h6-9,11-15,21H,1-5H3. The third kappa shape index (κ3) is 4.14. The third-order valence-corrected chi connectivity index (χ3v) is 4.65. The lowest BCUT2D eigenvalue weighted by atomic mass is 9.79. The van der Waals surface area contributed by atoms with Gasteiger partial charge in [-0.2, -0.15) is 0 Å². The average molecular weight is 332 g/mol. The van der Waals surface area contributed by atoms with Gasteiger partial charge in [0, 0.05) is 0 Å². The van der Waals surface area contributed by atoms with E-state index in [4.69, 9.17) is 9.31 Å². The zero-order chi connectivity index (χ0) is 18.0. The van der Waals surface area contributed by atoms with Crippen LogP contribution in [0.5, 0.6) is 0 Å². The van der Waals surface area contributed by atoms with Gasteiger partial charge in [-0.05, 0) is 57.3 Å². The Morgan fingerprint density at radius 1 is 1.00 bits per heavy atom. The summed E-state index contributed by atoms with van der Waals surface area (Å²) in [4.78, 5) is 0. The highest BCUT2D eigenvalue weighted by molar-refractivity contribution is 6.62. The molecule has 0 radical (unpaired) electrons. The van der Waals surface area contributed by atoms with E-state index in [2.05, 4.69) is 88.9 Å². The first-order chi connectivity index (χ1) is 11.8. The van der Waals surface area contributed by atoms with Gasteiger partial charge in [0.05, 0.1) is 11.7 Å². The molecule has 1 fully saturated rings. The summed E-state index contributed by atoms with van der Waals surface area (Å²) in [6.07, 6.45) is 1.85. The molecule has 1 unspecified atom stereocenters. The molecule has 2 nitrogen and oxygen atoms in total. The van der Waals surface area contributed by atoms with E-state index < -0.39 is 5.60 Å². The van der Waals surface area contributed by atoms with Crippen molar-refractivity contribution in [3.63, 3.8) is 0 Å². The predicted octanol–water partition coefficient (Wildman–Crippen LogP) is 4.45. The van der Waals surface area contributed by atoms with Crippen LogP contribution in [0, 0.1) is 13.8 Å². The molecule has 2 aromatic carbocycles. The van der Waals surface area contributed by atoms with Crippen LogP contribution >= 0.6 is 0 Å². The van der Waals surface area contributed by atoms with E-state index in [9.17, 15) is 0 Å². The second kappa shape index (κ2) is 7.05. The van der Waals surface area contributed by atoms with Gasteiger partial charge in [0.2, 0.25) is 0 Å². The van der Waals surface area contributed by atoms with Crippen molar-refractivity contribution >= 4 is 18.2 Å². The minimum atomic E-state index is -0.393. The van der Waals surface area contributed by atoms with Crippen LogP contribution in [-0.4, -0.2) is 18.8 Å². The lowest BCUT2D eigenvalue weighted by molar-refractivity contribution is 0.100. The summed E-state index contributed by atoms with van der Waals surface area (Å²) < 4.78 is 12.3. The normalized spacial score (nSPS) is 18.8. The number of hydrogen-bond donors (Lipinski definition) is 0. The van der Waals surface area contributed by atoms with Crippen LogP contribution in [0.25, 0.3) is 5.57 Å². The second-order valence-corrected chi connectivity index (χ2v) is 7.32. The summed E-state index contributed by atoms with van der Waals surface area (Å²) in [6, 6.07) is 16.8. The Hall–Kier alpha value is -2.06. The van der Waals surface area contributed by atoms with E-state index in [1.54, 1.807) is 0 Å². The van der Waals surface area contributed by atoms with Crippen LogP contribution in [0.15, 0.2) is 60.3 Å². The minimum Gasteiger partial charge on any atom is -0.399 e. The van der Waals surface area contributed by atoms with Gasteiger partial charge in [-0.25, -0.2) is 0 Å². The third-order valence-electron chi connectivity index (χ3n) is 4.65. The first kappa shape index (κ1) is 17.8. The summed E-state index contributed by atoms with van der Waals surface area (Å²) in [6.45, 7) is 10.4. The molecule has 0 bridgehead atoms. The fourth-order valence-corrected chi connectivity index (χ4v) is 2.87. The van der Waals surface area contributed by atoms with Crippen LogP contribution < -0.4 is 5.46 Å². The number of aryl methyl sites for hydroxylation is 2. The van der Waals surface area contributed by atoms with E-state index in [1.807, 2.05) is 6.08 Å². The van der Waals surface area contributed by atoms with Gasteiger partial charge >= 0.3 is 7.12 Å². The average Bonchev–Trinajstić information content (AvgIpc) is 2.88. The zero-order valence-electron chi connectivity index (χ0n) is 15.7. The number of rotatable bonds is 3. The molecule has 3 heteroatoms. The molecule has 0 aromatic heterocycles. The van der Waals surface area contributed by atoms with Gasteiger partial charge in [0.25, 0.3) is 0 Å². The van der Waals surface area contributed by atoms with Gasteiger partial charge in [0.15, 0.2) is 0 Å². The molecule has 1 atom stereocenters. The van der Waals surface area contributed by atoms with Gasteiger partial charge < -0.3 is 9.31 Å². The molecule has 0 saturated carbocycles. The van der Waals surface area contributed by atoms with Crippen molar-refractivity contribution < 1.29 is 9.31 Å². The van der Waals surface area contributed by atoms with E-state index >= 15 is 0 Å². The Bertz CT molecular complexity index is 797. The van der Waals surface area contributed by atoms with Crippen molar-refractivity contribution in [2.75, 3.05) is 0 Å². The summed E-state index contributed by atoms with van der Waals surface area (Å²) in [5, 5.41) is 0. The topological polar surface area (TPSA) is 18.5 Å². The zero-order valence-corrected chi connectivity index (χ0v) is 15.7. The largest absolute Gasteiger partial charge is 0.494 e. The van der Waals surface area contributed by atoms with Crippen molar-refractivity contribution in [1.82, 2.24) is 0 Å². The van der Waals surface area contributed by atoms with Crippen LogP contribution in [0.4, 0.5) is 0 Å². The molecule has 0 spiro atoms. The molecular weight excluding hydrogens is 307 g/mol. The summed E-state index contributed by atoms with van der Waals surface area (Å²) in [5.74, 6) is 0. The molecule has 1 heterocycles. The summed E-state index contributed by atoms with van der Waals surface area (Å²) >= 11 is 0. The monoisotopic (exact) mass is 332 g/mol. The Morgan fingerprint density at radius 2 is 1.56 bits per heavy atom. The maximum Gasteiger partial charge on any atom is 0.494 e. The predicted molar refractivity (Wildman–Crippen MR) is 105 cm³/mol. The van der Waals surface area contributed by atoms with Crippen LogP contribution in [0.2, 0.25) is 0 Å². The van der Waals surface area contributed by atoms with E-state index in [1.165, 1.54) is 16.7 Å². The van der Waals surface area contributed by atoms with Gasteiger partial charge in [-0.3, -0.25) is 0 Å². The Kier molecular flexibility index (Phi) is 5.01. The molecule has 1 saturated heterocycles. The first-order valence-electron chi connectivity index (χ1n) is 8.75. The van der Waals surface area contributed by atoms with Gasteiger partial charge in [-0.1, -0.05) is 59.7 Å². The maximum absolute atomic E-state index is 6.15. The maximum atomic E-state index is 6.15. The van der Waals surface area contributed by atoms with Crippen molar-refractivity contribution in [3.8, 4) is 0 Å². The van der Waals surface area contributed by atoms with Crippen molar-refractivity contribution in [2.45, 2.75) is 46.3 Å². The number of benzene rings is 2. The molecular formula is C22H25BO2. The smallest absolute Gasteiger partial charge is 0.399 e. The SMILES string of the molecule is CC(=C=CC1OB(c2ccc(C)cc2)OC1(C)C)c1ccc(C)cc1. The van der Waals surface area contributed by atoms with Crippen molar-refractivity contribution in [3.05, 3.63) is 77.0 Å². The second-order valence-electron chi connectivity index (χ2n) is 7.32. The molecule has 25 heavy (non-hydrogen) atoms. The Balaban J connectivity index is 1.80. The van der Waals surface area contributed by atoms with Gasteiger partial charge in [-0.15, -0.1) is 5.73 Å². The number of hydrogen-bond acceptors (Lipinski definition) is 2. The summed E-state index contributed by atoms with van der Waals surface area (Å²) in [5.41, 5.74) is 8.80. The lowest BCUT2D eigenvalue weighted by Gasteiger charge is -2.22. The van der Waals surface area contributed by atoms with Crippen LogP contribution in [0.1, 0.15) is 37.5 Å². The Labute approximate surface area is 151 Å². The molecule has 1 aliphatic rings. The molecule has 128 valence electrons. The van der Waals surface area contributed by atoms with Gasteiger partial charge in [0.1, 0.15) is 0 Å². The Morgan fingerprint density at radius 3 is 2.16 bits per heavy atom. The summed E-state index contributed by atoms with van der Waals surface area (Å²) in [7, 11) is -0.335. The molecule has 0 amide bonds. The fourth-order valence-electron chi connectivity index (χ4n) is 2.87. The first-order valence-corrected chi connectivity index (χ1v) is 8.75. The molecule has 1 aliphatic heterocycles. The molecule has 2 aromatic rings.